The highest BCUT2D eigenvalue weighted by Crippen LogP contribution is 2.25. The largest absolute Gasteiger partial charge is 0.378 e. The summed E-state index contributed by atoms with van der Waals surface area (Å²) in [7, 11) is 0. The maximum Gasteiger partial charge on any atom is 0.252 e. The molecule has 7 nitrogen and oxygen atoms in total. The van der Waals surface area contributed by atoms with Gasteiger partial charge in [0.2, 0.25) is 5.78 Å². The first kappa shape index (κ1) is 9.90. The predicted molar refractivity (Wildman–Crippen MR) is 45.8 cm³/mol. The summed E-state index contributed by atoms with van der Waals surface area (Å²) in [5.74, 6) is -2.04. The Bertz CT molecular complexity index is 608. The van der Waals surface area contributed by atoms with Crippen LogP contribution < -0.4 is 0 Å². The van der Waals surface area contributed by atoms with Crippen molar-refractivity contribution in [3.8, 4) is 12.1 Å². The molecular formula is C9H2N4O3. The summed E-state index contributed by atoms with van der Waals surface area (Å²) >= 11 is 0. The Kier molecular flexibility index (Phi) is 1.97. The highest BCUT2D eigenvalue weighted by Gasteiger charge is 2.40. The zero-order valence-corrected chi connectivity index (χ0v) is 7.63. The molecule has 0 amide bonds. The van der Waals surface area contributed by atoms with E-state index in [1.54, 1.807) is 12.1 Å². The Morgan fingerprint density at radius 2 is 1.69 bits per heavy atom. The Balaban J connectivity index is 2.76. The average Bonchev–Trinajstić information content (AvgIpc) is 2.52. The van der Waals surface area contributed by atoms with Crippen molar-refractivity contribution < 1.29 is 14.7 Å². The molecule has 0 fully saturated rings. The molecule has 1 aromatic heterocycles. The molecule has 1 aliphatic carbocycles. The van der Waals surface area contributed by atoms with Gasteiger partial charge in [0.25, 0.3) is 5.78 Å². The minimum atomic E-state index is -1.69. The number of aliphatic hydroxyl groups excluding tert-OH is 1. The topological polar surface area (TPSA) is 128 Å². The molecule has 0 radical (unpaired) electrons. The van der Waals surface area contributed by atoms with Crippen LogP contribution in [0.25, 0.3) is 0 Å². The van der Waals surface area contributed by atoms with E-state index >= 15 is 0 Å². The zero-order valence-electron chi connectivity index (χ0n) is 7.63. The van der Waals surface area contributed by atoms with Crippen molar-refractivity contribution in [2.45, 2.75) is 6.10 Å². The molecule has 1 N–H and O–H groups in total. The molecule has 0 bridgehead atoms. The lowest BCUT2D eigenvalue weighted by Gasteiger charge is -2.00. The lowest BCUT2D eigenvalue weighted by molar-refractivity contribution is -0.122. The SMILES string of the molecule is N#Cc1nc2c(nc1C#N)C(O)C(=O)C2=O. The van der Waals surface area contributed by atoms with Gasteiger partial charge >= 0.3 is 0 Å². The maximum atomic E-state index is 11.3. The summed E-state index contributed by atoms with van der Waals surface area (Å²) in [6.07, 6.45) is -1.69. The van der Waals surface area contributed by atoms with Crippen LogP contribution in [0.15, 0.2) is 0 Å². The second kappa shape index (κ2) is 3.19. The molecule has 0 aliphatic heterocycles. The van der Waals surface area contributed by atoms with Gasteiger partial charge in [0.05, 0.1) is 0 Å². The van der Waals surface area contributed by atoms with Crippen molar-refractivity contribution in [1.82, 2.24) is 9.97 Å². The van der Waals surface area contributed by atoms with Crippen LogP contribution in [0.3, 0.4) is 0 Å². The van der Waals surface area contributed by atoms with E-state index in [4.69, 9.17) is 10.5 Å². The first-order chi connectivity index (χ1) is 7.60. The number of carbonyl (C=O) groups is 2. The fraction of sp³-hybridized carbons (Fsp3) is 0.111. The molecule has 0 saturated heterocycles. The van der Waals surface area contributed by atoms with Crippen LogP contribution in [0.4, 0.5) is 0 Å². The lowest BCUT2D eigenvalue weighted by atomic mass is 10.2. The Hall–Kier alpha value is -2.64. The molecule has 0 spiro atoms. The highest BCUT2D eigenvalue weighted by atomic mass is 16.3. The van der Waals surface area contributed by atoms with E-state index < -0.39 is 17.7 Å². The van der Waals surface area contributed by atoms with Crippen LogP contribution in [0.5, 0.6) is 0 Å². The van der Waals surface area contributed by atoms with Crippen LogP contribution in [-0.2, 0) is 4.79 Å². The number of hydrogen-bond acceptors (Lipinski definition) is 7. The number of rotatable bonds is 0. The first-order valence-corrected chi connectivity index (χ1v) is 4.09. The van der Waals surface area contributed by atoms with Gasteiger partial charge in [0, 0.05) is 0 Å². The average molecular weight is 214 g/mol. The van der Waals surface area contributed by atoms with E-state index in [1.165, 1.54) is 0 Å². The molecule has 2 rings (SSSR count). The summed E-state index contributed by atoms with van der Waals surface area (Å²) in [6, 6.07) is 3.18. The fourth-order valence-corrected chi connectivity index (χ4v) is 1.33. The summed E-state index contributed by atoms with van der Waals surface area (Å²) in [5.41, 5.74) is -1.27. The molecule has 1 heterocycles. The van der Waals surface area contributed by atoms with E-state index in [-0.39, 0.29) is 22.8 Å². The van der Waals surface area contributed by atoms with Crippen molar-refractivity contribution in [1.29, 1.82) is 10.5 Å². The number of aromatic nitrogens is 2. The maximum absolute atomic E-state index is 11.3. The van der Waals surface area contributed by atoms with Gasteiger partial charge in [-0.25, -0.2) is 9.97 Å². The Morgan fingerprint density at radius 1 is 1.12 bits per heavy atom. The van der Waals surface area contributed by atoms with Gasteiger partial charge in [0.1, 0.15) is 23.5 Å². The molecule has 76 valence electrons. The van der Waals surface area contributed by atoms with E-state index in [0.29, 0.717) is 0 Å². The molecule has 7 heteroatoms. The van der Waals surface area contributed by atoms with Crippen molar-refractivity contribution in [3.05, 3.63) is 22.8 Å². The molecule has 1 aromatic rings. The number of fused-ring (bicyclic) bond motifs is 1. The minimum Gasteiger partial charge on any atom is -0.378 e. The van der Waals surface area contributed by atoms with Crippen LogP contribution in [-0.4, -0.2) is 26.6 Å². The quantitative estimate of drug-likeness (QED) is 0.549. The van der Waals surface area contributed by atoms with Gasteiger partial charge in [-0.15, -0.1) is 0 Å². The number of Topliss-reactive ketones (excluding diaryl/α,β-unsaturated/α-hetero) is 2. The van der Waals surface area contributed by atoms with Crippen molar-refractivity contribution in [3.63, 3.8) is 0 Å². The van der Waals surface area contributed by atoms with Crippen molar-refractivity contribution in [2.75, 3.05) is 0 Å². The smallest absolute Gasteiger partial charge is 0.252 e. The number of nitriles is 2. The summed E-state index contributed by atoms with van der Waals surface area (Å²) in [5, 5.41) is 26.6. The Morgan fingerprint density at radius 3 is 2.25 bits per heavy atom. The summed E-state index contributed by atoms with van der Waals surface area (Å²) < 4.78 is 0. The monoisotopic (exact) mass is 214 g/mol. The third-order valence-electron chi connectivity index (χ3n) is 2.08. The van der Waals surface area contributed by atoms with Gasteiger partial charge in [-0.3, -0.25) is 9.59 Å². The lowest BCUT2D eigenvalue weighted by Crippen LogP contribution is -2.11. The zero-order chi connectivity index (χ0) is 11.9. The number of nitrogens with zero attached hydrogens (tertiary/aromatic N) is 4. The number of carbonyl (C=O) groups excluding carboxylic acids is 2. The fourth-order valence-electron chi connectivity index (χ4n) is 1.33. The first-order valence-electron chi connectivity index (χ1n) is 4.09. The molecule has 1 unspecified atom stereocenters. The second-order valence-electron chi connectivity index (χ2n) is 2.97. The van der Waals surface area contributed by atoms with Gasteiger partial charge in [-0.1, -0.05) is 0 Å². The third-order valence-corrected chi connectivity index (χ3v) is 2.08. The van der Waals surface area contributed by atoms with Crippen LogP contribution in [0, 0.1) is 22.7 Å². The van der Waals surface area contributed by atoms with Crippen LogP contribution in [0.1, 0.15) is 33.7 Å². The number of hydrogen-bond donors (Lipinski definition) is 1. The molecule has 16 heavy (non-hydrogen) atoms. The van der Waals surface area contributed by atoms with Crippen molar-refractivity contribution in [2.24, 2.45) is 0 Å². The predicted octanol–water partition coefficient (Wildman–Crippen LogP) is -0.981. The molecular weight excluding hydrogens is 212 g/mol. The molecule has 1 atom stereocenters. The van der Waals surface area contributed by atoms with E-state index in [9.17, 15) is 14.7 Å². The molecule has 0 saturated carbocycles. The van der Waals surface area contributed by atoms with Crippen LogP contribution >= 0.6 is 0 Å². The molecule has 1 aliphatic rings. The second-order valence-corrected chi connectivity index (χ2v) is 2.97. The van der Waals surface area contributed by atoms with E-state index in [2.05, 4.69) is 9.97 Å². The van der Waals surface area contributed by atoms with Gasteiger partial charge in [0.15, 0.2) is 17.5 Å². The van der Waals surface area contributed by atoms with Gasteiger partial charge < -0.3 is 5.11 Å². The van der Waals surface area contributed by atoms with Gasteiger partial charge in [-0.2, -0.15) is 10.5 Å². The van der Waals surface area contributed by atoms with E-state index in [1.807, 2.05) is 0 Å². The molecule has 0 aromatic carbocycles. The standard InChI is InChI=1S/C9H2N4O3/c10-1-3-4(2-11)13-6-5(12-3)7(14)9(16)8(6)15/h7,14H. The number of aliphatic hydroxyl groups is 1. The van der Waals surface area contributed by atoms with Crippen molar-refractivity contribution >= 4 is 11.6 Å². The summed E-state index contributed by atoms with van der Waals surface area (Å²) in [4.78, 5) is 29.5. The number of ketones is 2. The van der Waals surface area contributed by atoms with Crippen LogP contribution in [0.2, 0.25) is 0 Å². The van der Waals surface area contributed by atoms with Gasteiger partial charge in [-0.05, 0) is 0 Å². The Labute approximate surface area is 88.6 Å². The summed E-state index contributed by atoms with van der Waals surface area (Å²) in [6.45, 7) is 0. The minimum absolute atomic E-state index is 0.259. The third kappa shape index (κ3) is 1.10. The normalized spacial score (nSPS) is 17.8. The van der Waals surface area contributed by atoms with E-state index in [0.717, 1.165) is 0 Å². The highest BCUT2D eigenvalue weighted by molar-refractivity contribution is 6.47.